The molecule has 2 N–H and O–H groups in total. The lowest BCUT2D eigenvalue weighted by Gasteiger charge is -2.42. The first-order valence-corrected chi connectivity index (χ1v) is 12.2. The van der Waals surface area contributed by atoms with Gasteiger partial charge in [0.05, 0.1) is 34.8 Å². The number of carbonyl (C=O) groups excluding carboxylic acids is 2. The number of halogens is 6. The number of phenolic OH excluding ortho intramolecular Hbond substituents is 1. The van der Waals surface area contributed by atoms with Gasteiger partial charge < -0.3 is 14.8 Å². The summed E-state index contributed by atoms with van der Waals surface area (Å²) < 4.78 is 86.7. The maximum absolute atomic E-state index is 13.7. The fraction of sp³-hybridized carbons (Fsp3) is 0.385. The van der Waals surface area contributed by atoms with Crippen molar-refractivity contribution < 1.29 is 50.7 Å². The Morgan fingerprint density at radius 1 is 0.974 bits per heavy atom. The lowest BCUT2D eigenvalue weighted by molar-refractivity contribution is -0.143. The zero-order valence-electron chi connectivity index (χ0n) is 20.4. The van der Waals surface area contributed by atoms with Crippen LogP contribution in [0.1, 0.15) is 49.0 Å². The largest absolute Gasteiger partial charge is 0.508 e. The van der Waals surface area contributed by atoms with Gasteiger partial charge in [-0.05, 0) is 66.5 Å². The zero-order valence-corrected chi connectivity index (χ0v) is 20.4. The minimum absolute atomic E-state index is 0.0103. The number of hydrogen-bond donors (Lipinski definition) is 2. The van der Waals surface area contributed by atoms with Gasteiger partial charge in [-0.15, -0.1) is 0 Å². The number of anilines is 1. The number of nitrogens with zero attached hydrogens (tertiary/aromatic N) is 1. The van der Waals surface area contributed by atoms with Gasteiger partial charge in [0.15, 0.2) is 0 Å². The van der Waals surface area contributed by atoms with Crippen molar-refractivity contribution in [1.82, 2.24) is 0 Å². The minimum atomic E-state index is -5.15. The van der Waals surface area contributed by atoms with E-state index in [1.54, 1.807) is 19.1 Å². The third kappa shape index (κ3) is 4.71. The third-order valence-corrected chi connectivity index (χ3v) is 7.71. The second-order valence-corrected chi connectivity index (χ2v) is 9.94. The van der Waals surface area contributed by atoms with E-state index in [0.717, 1.165) is 0 Å². The smallest absolute Gasteiger partial charge is 0.487 e. The van der Waals surface area contributed by atoms with Crippen LogP contribution in [0.2, 0.25) is 0 Å². The Hall–Kier alpha value is -3.32. The highest BCUT2D eigenvalue weighted by Crippen LogP contribution is 2.53. The summed E-state index contributed by atoms with van der Waals surface area (Å²) in [5.41, 5.74) is -2.54. The van der Waals surface area contributed by atoms with Gasteiger partial charge in [-0.1, -0.05) is 24.6 Å². The molecule has 0 aromatic heterocycles. The van der Waals surface area contributed by atoms with E-state index in [4.69, 9.17) is 4.65 Å². The van der Waals surface area contributed by atoms with Crippen LogP contribution in [0, 0.1) is 17.8 Å². The fourth-order valence-electron chi connectivity index (χ4n) is 6.01. The lowest BCUT2D eigenvalue weighted by Crippen LogP contribution is -2.44. The second kappa shape index (κ2) is 9.41. The number of imide groups is 1. The molecule has 4 atom stereocenters. The van der Waals surface area contributed by atoms with Crippen LogP contribution >= 0.6 is 0 Å². The molecule has 2 fully saturated rings. The normalized spacial score (nSPS) is 25.7. The topological polar surface area (TPSA) is 87.1 Å². The number of amides is 2. The molecule has 2 saturated heterocycles. The molecule has 6 nitrogen and oxygen atoms in total. The summed E-state index contributed by atoms with van der Waals surface area (Å²) in [5.74, 6) is -4.79. The first-order valence-electron chi connectivity index (χ1n) is 12.2. The van der Waals surface area contributed by atoms with E-state index >= 15 is 0 Å². The maximum atomic E-state index is 13.7. The average molecular weight is 553 g/mol. The van der Waals surface area contributed by atoms with Gasteiger partial charge in [0.1, 0.15) is 5.75 Å². The first-order chi connectivity index (χ1) is 18.2. The molecular weight excluding hydrogens is 531 g/mol. The zero-order chi connectivity index (χ0) is 28.4. The molecular formula is C26H22BF6NO5. The highest BCUT2D eigenvalue weighted by Gasteiger charge is 2.58. The van der Waals surface area contributed by atoms with E-state index < -0.39 is 72.0 Å². The number of carbonyl (C=O) groups is 2. The Labute approximate surface area is 219 Å². The summed E-state index contributed by atoms with van der Waals surface area (Å²) in [6.07, 6.45) is -10.6. The number of rotatable bonds is 3. The average Bonchev–Trinajstić information content (AvgIpc) is 3.11. The Morgan fingerprint density at radius 3 is 2.18 bits per heavy atom. The quantitative estimate of drug-likeness (QED) is 0.300. The highest BCUT2D eigenvalue weighted by molar-refractivity contribution is 6.53. The van der Waals surface area contributed by atoms with Gasteiger partial charge in [0, 0.05) is 0 Å². The van der Waals surface area contributed by atoms with Crippen LogP contribution in [0.3, 0.4) is 0 Å². The fourth-order valence-corrected chi connectivity index (χ4v) is 6.01. The van der Waals surface area contributed by atoms with Crippen LogP contribution < -0.4 is 4.90 Å². The SMILES string of the molecule is CCC1=C2B(O)O[C@H](c3cccc(O)c3)C[C@H]2[C@H]2C(=O)N(c3cc(C(F)(F)F)cc(C(F)(F)F)c3)C(=O)[C@H]2C1. The van der Waals surface area contributed by atoms with Gasteiger partial charge in [0.2, 0.25) is 11.8 Å². The van der Waals surface area contributed by atoms with Gasteiger partial charge in [-0.25, -0.2) is 4.90 Å². The van der Waals surface area contributed by atoms with E-state index in [9.17, 15) is 46.1 Å². The Balaban J connectivity index is 1.58. The standard InChI is InChI=1S/C26H22BF6NO5/c1-2-12-7-19-21(18-11-20(39-27(38)22(12)18)13-4-3-5-17(35)6-13)24(37)34(23(19)36)16-9-14(25(28,29)30)8-15(10-16)26(31,32)33/h3-6,8-10,18-21,35,38H,2,7,11H2,1H3/t18-,19-,20-,21+/m0/s1. The summed E-state index contributed by atoms with van der Waals surface area (Å²) in [7, 11) is -1.45. The number of phenols is 1. The lowest BCUT2D eigenvalue weighted by atomic mass is 9.55. The molecule has 2 amide bonds. The summed E-state index contributed by atoms with van der Waals surface area (Å²) >= 11 is 0. The number of fused-ring (bicyclic) bond motifs is 3. The Kier molecular flexibility index (Phi) is 6.57. The van der Waals surface area contributed by atoms with Gasteiger partial charge in [-0.3, -0.25) is 9.59 Å². The molecule has 39 heavy (non-hydrogen) atoms. The van der Waals surface area contributed by atoms with Crippen molar-refractivity contribution in [2.75, 3.05) is 4.90 Å². The number of allylic oxidation sites excluding steroid dienone is 2. The van der Waals surface area contributed by atoms with Gasteiger partial charge in [-0.2, -0.15) is 26.3 Å². The second-order valence-electron chi connectivity index (χ2n) is 9.94. The predicted molar refractivity (Wildman–Crippen MR) is 126 cm³/mol. The van der Waals surface area contributed by atoms with Crippen molar-refractivity contribution in [1.29, 1.82) is 0 Å². The molecule has 3 aliphatic rings. The van der Waals surface area contributed by atoms with E-state index in [1.807, 2.05) is 0 Å². The number of alkyl halides is 6. The molecule has 0 unspecified atom stereocenters. The van der Waals surface area contributed by atoms with Gasteiger partial charge in [0.25, 0.3) is 0 Å². The third-order valence-electron chi connectivity index (χ3n) is 7.71. The summed E-state index contributed by atoms with van der Waals surface area (Å²) in [6.45, 7) is 1.77. The molecule has 2 aromatic rings. The summed E-state index contributed by atoms with van der Waals surface area (Å²) in [4.78, 5) is 27.6. The first kappa shape index (κ1) is 27.3. The van der Waals surface area contributed by atoms with E-state index in [2.05, 4.69) is 0 Å². The Bertz CT molecular complexity index is 1340. The van der Waals surface area contributed by atoms with Crippen molar-refractivity contribution >= 4 is 24.6 Å². The molecule has 5 rings (SSSR count). The summed E-state index contributed by atoms with van der Waals surface area (Å²) in [5, 5.41) is 20.8. The van der Waals surface area contributed by atoms with Crippen molar-refractivity contribution in [3.63, 3.8) is 0 Å². The number of aromatic hydroxyl groups is 1. The monoisotopic (exact) mass is 553 g/mol. The Morgan fingerprint density at radius 2 is 1.62 bits per heavy atom. The molecule has 0 bridgehead atoms. The van der Waals surface area contributed by atoms with Crippen LogP contribution in [-0.4, -0.2) is 29.1 Å². The maximum Gasteiger partial charge on any atom is 0.487 e. The van der Waals surface area contributed by atoms with Crippen LogP contribution in [0.25, 0.3) is 0 Å². The summed E-state index contributed by atoms with van der Waals surface area (Å²) in [6, 6.07) is 6.72. The predicted octanol–water partition coefficient (Wildman–Crippen LogP) is 5.44. The molecule has 1 aliphatic carbocycles. The van der Waals surface area contributed by atoms with E-state index in [0.29, 0.717) is 40.1 Å². The van der Waals surface area contributed by atoms with Crippen LogP contribution in [-0.2, 0) is 26.6 Å². The van der Waals surface area contributed by atoms with E-state index in [-0.39, 0.29) is 24.7 Å². The highest BCUT2D eigenvalue weighted by atomic mass is 19.4. The molecule has 2 aliphatic heterocycles. The number of hydrogen-bond acceptors (Lipinski definition) is 5. The van der Waals surface area contributed by atoms with Crippen LogP contribution in [0.4, 0.5) is 32.0 Å². The van der Waals surface area contributed by atoms with Crippen molar-refractivity contribution in [2.45, 2.75) is 44.6 Å². The van der Waals surface area contributed by atoms with Crippen LogP contribution in [0.15, 0.2) is 53.5 Å². The molecule has 2 heterocycles. The molecule has 13 heteroatoms. The molecule has 0 spiro atoms. The van der Waals surface area contributed by atoms with Gasteiger partial charge >= 0.3 is 19.5 Å². The minimum Gasteiger partial charge on any atom is -0.508 e. The molecule has 0 radical (unpaired) electrons. The van der Waals surface area contributed by atoms with Crippen LogP contribution in [0.5, 0.6) is 5.75 Å². The molecule has 2 aromatic carbocycles. The number of benzene rings is 2. The molecule has 206 valence electrons. The molecule has 0 saturated carbocycles. The van der Waals surface area contributed by atoms with Crippen molar-refractivity contribution in [2.24, 2.45) is 17.8 Å². The van der Waals surface area contributed by atoms with Crippen molar-refractivity contribution in [3.05, 3.63) is 70.2 Å². The van der Waals surface area contributed by atoms with Crippen molar-refractivity contribution in [3.8, 4) is 5.75 Å². The van der Waals surface area contributed by atoms with E-state index in [1.165, 1.54) is 12.1 Å².